The van der Waals surface area contributed by atoms with Crippen molar-refractivity contribution in [1.82, 2.24) is 10.6 Å². The van der Waals surface area contributed by atoms with Crippen LogP contribution in [-0.2, 0) is 11.2 Å². The number of hydrogen-bond donors (Lipinski definition) is 3. The summed E-state index contributed by atoms with van der Waals surface area (Å²) in [5.41, 5.74) is 3.73. The Hall–Kier alpha value is -3.35. The Bertz CT molecular complexity index is 910. The molecule has 0 unspecified atom stereocenters. The summed E-state index contributed by atoms with van der Waals surface area (Å²) >= 11 is 0. The molecule has 2 aromatic rings. The maximum atomic E-state index is 12.6. The van der Waals surface area contributed by atoms with Gasteiger partial charge in [-0.3, -0.25) is 9.59 Å². The van der Waals surface area contributed by atoms with Crippen molar-refractivity contribution in [2.75, 3.05) is 30.4 Å². The summed E-state index contributed by atoms with van der Waals surface area (Å²) in [7, 11) is 1.55. The van der Waals surface area contributed by atoms with Gasteiger partial charge in [-0.05, 0) is 49.1 Å². The third-order valence-corrected chi connectivity index (χ3v) is 4.87. The minimum absolute atomic E-state index is 0.103. The van der Waals surface area contributed by atoms with Gasteiger partial charge in [0.15, 0.2) is 0 Å². The molecule has 0 atom stereocenters. The van der Waals surface area contributed by atoms with Crippen molar-refractivity contribution in [3.63, 3.8) is 0 Å². The molecule has 28 heavy (non-hydrogen) atoms. The van der Waals surface area contributed by atoms with Crippen molar-refractivity contribution in [3.05, 3.63) is 59.2 Å². The number of benzene rings is 2. The Kier molecular flexibility index (Phi) is 5.93. The predicted molar refractivity (Wildman–Crippen MR) is 109 cm³/mol. The summed E-state index contributed by atoms with van der Waals surface area (Å²) in [6.45, 7) is 2.30. The topological polar surface area (TPSA) is 90.5 Å². The fourth-order valence-corrected chi connectivity index (χ4v) is 3.36. The predicted octanol–water partition coefficient (Wildman–Crippen LogP) is 2.46. The molecule has 0 aromatic heterocycles. The van der Waals surface area contributed by atoms with E-state index in [1.54, 1.807) is 37.1 Å². The maximum absolute atomic E-state index is 12.6. The number of nitrogens with zero attached hydrogens (tertiary/aromatic N) is 1. The van der Waals surface area contributed by atoms with Crippen LogP contribution in [0.15, 0.2) is 42.5 Å². The number of fused-ring (bicyclic) bond motifs is 1. The zero-order valence-corrected chi connectivity index (χ0v) is 16.0. The Morgan fingerprint density at radius 1 is 1.07 bits per heavy atom. The largest absolute Gasteiger partial charge is 0.355 e. The minimum Gasteiger partial charge on any atom is -0.355 e. The van der Waals surface area contributed by atoms with Crippen LogP contribution in [0.25, 0.3) is 0 Å². The van der Waals surface area contributed by atoms with Crippen LogP contribution in [0.5, 0.6) is 0 Å². The third-order valence-electron chi connectivity index (χ3n) is 4.87. The lowest BCUT2D eigenvalue weighted by Gasteiger charge is -2.29. The van der Waals surface area contributed by atoms with Crippen molar-refractivity contribution in [2.45, 2.75) is 19.8 Å². The number of para-hydroxylation sites is 1. The van der Waals surface area contributed by atoms with Gasteiger partial charge >= 0.3 is 6.03 Å². The van der Waals surface area contributed by atoms with E-state index < -0.39 is 6.03 Å². The zero-order chi connectivity index (χ0) is 20.1. The second kappa shape index (κ2) is 8.56. The fraction of sp³-hybridized carbons (Fsp3) is 0.286. The van der Waals surface area contributed by atoms with Gasteiger partial charge in [-0.2, -0.15) is 0 Å². The highest BCUT2D eigenvalue weighted by molar-refractivity contribution is 6.01. The van der Waals surface area contributed by atoms with Crippen molar-refractivity contribution >= 4 is 29.2 Å². The SMILES string of the molecule is CNC(=O)c1cccc(NC(=O)NCC(=O)N2CCCc3ccccc32)c1C. The Morgan fingerprint density at radius 3 is 2.64 bits per heavy atom. The van der Waals surface area contributed by atoms with Crippen molar-refractivity contribution in [3.8, 4) is 0 Å². The van der Waals surface area contributed by atoms with Gasteiger partial charge in [0.05, 0.1) is 6.54 Å². The molecule has 0 saturated heterocycles. The van der Waals surface area contributed by atoms with Crippen molar-refractivity contribution in [1.29, 1.82) is 0 Å². The maximum Gasteiger partial charge on any atom is 0.319 e. The van der Waals surface area contributed by atoms with Crippen LogP contribution < -0.4 is 20.9 Å². The zero-order valence-electron chi connectivity index (χ0n) is 16.0. The van der Waals surface area contributed by atoms with Crippen LogP contribution in [0, 0.1) is 6.92 Å². The molecule has 3 rings (SSSR count). The van der Waals surface area contributed by atoms with Crippen LogP contribution >= 0.6 is 0 Å². The first-order chi connectivity index (χ1) is 13.5. The molecule has 0 radical (unpaired) electrons. The van der Waals surface area contributed by atoms with Gasteiger partial charge in [-0.25, -0.2) is 4.79 Å². The molecular weight excluding hydrogens is 356 g/mol. The van der Waals surface area contributed by atoms with Crippen molar-refractivity contribution < 1.29 is 14.4 Å². The van der Waals surface area contributed by atoms with E-state index in [-0.39, 0.29) is 18.4 Å². The molecule has 1 aliphatic rings. The van der Waals surface area contributed by atoms with Crippen LogP contribution in [-0.4, -0.2) is 38.0 Å². The van der Waals surface area contributed by atoms with Gasteiger partial charge in [0, 0.05) is 30.5 Å². The molecule has 7 nitrogen and oxygen atoms in total. The number of nitrogens with one attached hydrogen (secondary N) is 3. The quantitative estimate of drug-likeness (QED) is 0.761. The summed E-state index contributed by atoms with van der Waals surface area (Å²) in [5, 5.41) is 7.88. The molecule has 0 saturated carbocycles. The first-order valence-electron chi connectivity index (χ1n) is 9.26. The number of rotatable bonds is 4. The molecule has 0 fully saturated rings. The molecular formula is C21H24N4O3. The normalized spacial score (nSPS) is 12.7. The highest BCUT2D eigenvalue weighted by Gasteiger charge is 2.22. The van der Waals surface area contributed by atoms with E-state index in [1.165, 1.54) is 0 Å². The monoisotopic (exact) mass is 380 g/mol. The number of aryl methyl sites for hydroxylation is 1. The van der Waals surface area contributed by atoms with Crippen LogP contribution in [0.4, 0.5) is 16.2 Å². The minimum atomic E-state index is -0.490. The van der Waals surface area contributed by atoms with Gasteiger partial charge in [0.2, 0.25) is 5.91 Å². The molecule has 1 aliphatic heterocycles. The molecule has 3 N–H and O–H groups in total. The molecule has 146 valence electrons. The van der Waals surface area contributed by atoms with E-state index in [4.69, 9.17) is 0 Å². The number of amides is 4. The molecule has 4 amide bonds. The average Bonchev–Trinajstić information content (AvgIpc) is 2.72. The van der Waals surface area contributed by atoms with E-state index in [0.717, 1.165) is 24.1 Å². The summed E-state index contributed by atoms with van der Waals surface area (Å²) in [4.78, 5) is 38.4. The van der Waals surface area contributed by atoms with Crippen LogP contribution in [0.3, 0.4) is 0 Å². The van der Waals surface area contributed by atoms with E-state index in [2.05, 4.69) is 16.0 Å². The standard InChI is InChI=1S/C21H24N4O3/c1-14-16(20(27)22-2)9-5-10-17(14)24-21(28)23-13-19(26)25-12-6-8-15-7-3-4-11-18(15)25/h3-5,7,9-11H,6,8,12-13H2,1-2H3,(H,22,27)(H2,23,24,28). The lowest BCUT2D eigenvalue weighted by Crippen LogP contribution is -2.43. The van der Waals surface area contributed by atoms with Gasteiger partial charge < -0.3 is 20.9 Å². The lowest BCUT2D eigenvalue weighted by atomic mass is 10.0. The highest BCUT2D eigenvalue weighted by Crippen LogP contribution is 2.26. The summed E-state index contributed by atoms with van der Waals surface area (Å²) in [5.74, 6) is -0.376. The van der Waals surface area contributed by atoms with E-state index in [0.29, 0.717) is 23.4 Å². The molecule has 1 heterocycles. The average molecular weight is 380 g/mol. The number of hydrogen-bond acceptors (Lipinski definition) is 3. The number of carbonyl (C=O) groups excluding carboxylic acids is 3. The first kappa shape index (κ1) is 19.4. The van der Waals surface area contributed by atoms with Crippen molar-refractivity contribution in [2.24, 2.45) is 0 Å². The smallest absolute Gasteiger partial charge is 0.319 e. The van der Waals surface area contributed by atoms with E-state index in [9.17, 15) is 14.4 Å². The fourth-order valence-electron chi connectivity index (χ4n) is 3.36. The van der Waals surface area contributed by atoms with Crippen LogP contribution in [0.2, 0.25) is 0 Å². The summed E-state index contributed by atoms with van der Waals surface area (Å²) in [6, 6.07) is 12.4. The van der Waals surface area contributed by atoms with E-state index in [1.807, 2.05) is 24.3 Å². The number of urea groups is 1. The highest BCUT2D eigenvalue weighted by atomic mass is 16.2. The third kappa shape index (κ3) is 4.14. The van der Waals surface area contributed by atoms with Crippen LogP contribution in [0.1, 0.15) is 27.9 Å². The first-order valence-corrected chi connectivity index (χ1v) is 9.26. The summed E-state index contributed by atoms with van der Waals surface area (Å²) in [6.07, 6.45) is 1.86. The van der Waals surface area contributed by atoms with Gasteiger partial charge in [0.25, 0.3) is 5.91 Å². The number of carbonyl (C=O) groups is 3. The second-order valence-corrected chi connectivity index (χ2v) is 6.64. The molecule has 2 aromatic carbocycles. The van der Waals surface area contributed by atoms with Gasteiger partial charge in [-0.15, -0.1) is 0 Å². The lowest BCUT2D eigenvalue weighted by molar-refractivity contribution is -0.117. The van der Waals surface area contributed by atoms with E-state index >= 15 is 0 Å². The number of anilines is 2. The van der Waals surface area contributed by atoms with Gasteiger partial charge in [-0.1, -0.05) is 24.3 Å². The Balaban J connectivity index is 1.61. The summed E-state index contributed by atoms with van der Waals surface area (Å²) < 4.78 is 0. The Morgan fingerprint density at radius 2 is 1.86 bits per heavy atom. The molecule has 7 heteroatoms. The van der Waals surface area contributed by atoms with Gasteiger partial charge in [0.1, 0.15) is 0 Å². The Labute approximate surface area is 164 Å². The molecule has 0 bridgehead atoms. The molecule has 0 aliphatic carbocycles. The second-order valence-electron chi connectivity index (χ2n) is 6.64. The molecule has 0 spiro atoms.